The van der Waals surface area contributed by atoms with Gasteiger partial charge in [-0.05, 0) is 26.9 Å². The fourth-order valence-corrected chi connectivity index (χ4v) is 2.27. The van der Waals surface area contributed by atoms with Crippen molar-refractivity contribution in [3.05, 3.63) is 11.4 Å². The maximum absolute atomic E-state index is 11.1. The molecule has 1 atom stereocenters. The van der Waals surface area contributed by atoms with Crippen molar-refractivity contribution in [3.8, 4) is 0 Å². The Morgan fingerprint density at radius 2 is 2.38 bits per heavy atom. The van der Waals surface area contributed by atoms with E-state index in [2.05, 4.69) is 15.2 Å². The largest absolute Gasteiger partial charge is 0.476 e. The van der Waals surface area contributed by atoms with Crippen LogP contribution in [0.1, 0.15) is 35.4 Å². The monoisotopic (exact) mass is 224 g/mol. The summed E-state index contributed by atoms with van der Waals surface area (Å²) in [6, 6.07) is 0. The number of hydrogen-bond donors (Lipinski definition) is 1. The third-order valence-electron chi connectivity index (χ3n) is 3.05. The van der Waals surface area contributed by atoms with Crippen molar-refractivity contribution in [2.24, 2.45) is 0 Å². The van der Waals surface area contributed by atoms with Gasteiger partial charge in [0.2, 0.25) is 0 Å². The molecule has 1 fully saturated rings. The minimum absolute atomic E-state index is 0.113. The van der Waals surface area contributed by atoms with Gasteiger partial charge >= 0.3 is 5.97 Å². The predicted molar refractivity (Wildman–Crippen MR) is 57.5 cm³/mol. The van der Waals surface area contributed by atoms with E-state index in [1.165, 1.54) is 0 Å². The number of carboxylic acid groups (broad SMARTS) is 1. The van der Waals surface area contributed by atoms with E-state index in [0.29, 0.717) is 6.54 Å². The molecule has 1 N–H and O–H groups in total. The Labute approximate surface area is 93.9 Å². The third-order valence-corrected chi connectivity index (χ3v) is 3.05. The highest BCUT2D eigenvalue weighted by atomic mass is 16.4. The number of carbonyl (C=O) groups is 1. The van der Waals surface area contributed by atoms with E-state index >= 15 is 0 Å². The summed E-state index contributed by atoms with van der Waals surface area (Å²) in [5, 5.41) is 16.7. The Bertz CT molecular complexity index is 402. The Morgan fingerprint density at radius 3 is 2.88 bits per heavy atom. The smallest absolute Gasteiger partial charge is 0.358 e. The van der Waals surface area contributed by atoms with Crippen LogP contribution in [0.3, 0.4) is 0 Å². The van der Waals surface area contributed by atoms with Crippen molar-refractivity contribution < 1.29 is 9.90 Å². The second-order valence-electron chi connectivity index (χ2n) is 4.19. The van der Waals surface area contributed by atoms with E-state index in [1.807, 2.05) is 14.0 Å². The summed E-state index contributed by atoms with van der Waals surface area (Å²) in [6.45, 7) is 4.49. The van der Waals surface area contributed by atoms with Crippen LogP contribution in [-0.2, 0) is 6.54 Å². The number of aromatic carboxylic acids is 1. The second kappa shape index (κ2) is 4.21. The van der Waals surface area contributed by atoms with Crippen LogP contribution in [0, 0.1) is 0 Å². The molecule has 1 saturated heterocycles. The van der Waals surface area contributed by atoms with Crippen LogP contribution in [0.4, 0.5) is 0 Å². The molecule has 0 spiro atoms. The summed E-state index contributed by atoms with van der Waals surface area (Å²) in [4.78, 5) is 13.3. The van der Waals surface area contributed by atoms with Crippen molar-refractivity contribution in [1.82, 2.24) is 19.9 Å². The van der Waals surface area contributed by atoms with Crippen LogP contribution < -0.4 is 0 Å². The lowest BCUT2D eigenvalue weighted by Gasteiger charge is -2.12. The first-order valence-electron chi connectivity index (χ1n) is 5.48. The quantitative estimate of drug-likeness (QED) is 0.805. The van der Waals surface area contributed by atoms with Gasteiger partial charge in [0.05, 0.1) is 5.69 Å². The highest BCUT2D eigenvalue weighted by molar-refractivity contribution is 5.86. The molecular formula is C10H16N4O2. The fourth-order valence-electron chi connectivity index (χ4n) is 2.27. The lowest BCUT2D eigenvalue weighted by molar-refractivity contribution is 0.0688. The molecule has 0 bridgehead atoms. The molecular weight excluding hydrogens is 208 g/mol. The number of hydrogen-bond acceptors (Lipinski definition) is 4. The minimum Gasteiger partial charge on any atom is -0.476 e. The Hall–Kier alpha value is -1.43. The lowest BCUT2D eigenvalue weighted by Crippen LogP contribution is -2.17. The Kier molecular flexibility index (Phi) is 2.91. The van der Waals surface area contributed by atoms with Gasteiger partial charge in [0.15, 0.2) is 5.69 Å². The number of nitrogens with zero attached hydrogens (tertiary/aromatic N) is 4. The molecule has 0 saturated carbocycles. The van der Waals surface area contributed by atoms with Crippen LogP contribution in [0.15, 0.2) is 0 Å². The summed E-state index contributed by atoms with van der Waals surface area (Å²) in [5.41, 5.74) is 0.890. The van der Waals surface area contributed by atoms with Gasteiger partial charge in [-0.15, -0.1) is 5.10 Å². The minimum atomic E-state index is -0.982. The van der Waals surface area contributed by atoms with Crippen molar-refractivity contribution in [2.75, 3.05) is 20.1 Å². The fraction of sp³-hybridized carbons (Fsp3) is 0.700. The zero-order valence-corrected chi connectivity index (χ0v) is 9.55. The van der Waals surface area contributed by atoms with Gasteiger partial charge in [0, 0.05) is 19.0 Å². The van der Waals surface area contributed by atoms with Crippen molar-refractivity contribution >= 4 is 5.97 Å². The van der Waals surface area contributed by atoms with Gasteiger partial charge in [-0.3, -0.25) is 0 Å². The van der Waals surface area contributed by atoms with Gasteiger partial charge in [-0.2, -0.15) is 0 Å². The van der Waals surface area contributed by atoms with E-state index in [0.717, 1.165) is 25.2 Å². The highest BCUT2D eigenvalue weighted by Gasteiger charge is 2.30. The van der Waals surface area contributed by atoms with Crippen LogP contribution in [0.25, 0.3) is 0 Å². The number of aryl methyl sites for hydroxylation is 1. The molecule has 1 aromatic heterocycles. The van der Waals surface area contributed by atoms with Crippen LogP contribution in [0.5, 0.6) is 0 Å². The lowest BCUT2D eigenvalue weighted by atomic mass is 10.0. The summed E-state index contributed by atoms with van der Waals surface area (Å²) < 4.78 is 1.70. The highest BCUT2D eigenvalue weighted by Crippen LogP contribution is 2.27. The molecule has 2 heterocycles. The first-order valence-corrected chi connectivity index (χ1v) is 5.48. The second-order valence-corrected chi connectivity index (χ2v) is 4.19. The van der Waals surface area contributed by atoms with Crippen molar-refractivity contribution in [1.29, 1.82) is 0 Å². The van der Waals surface area contributed by atoms with Gasteiger partial charge in [0.25, 0.3) is 0 Å². The van der Waals surface area contributed by atoms with Gasteiger partial charge in [0.1, 0.15) is 0 Å². The molecule has 1 aliphatic rings. The molecule has 1 unspecified atom stereocenters. The SMILES string of the molecule is CCn1nnc(C(=O)O)c1C1CCN(C)C1. The van der Waals surface area contributed by atoms with Crippen LogP contribution in [-0.4, -0.2) is 51.1 Å². The molecule has 2 rings (SSSR count). The Morgan fingerprint density at radius 1 is 1.62 bits per heavy atom. The maximum Gasteiger partial charge on any atom is 0.358 e. The normalized spacial score (nSPS) is 21.5. The maximum atomic E-state index is 11.1. The zero-order valence-electron chi connectivity index (χ0n) is 9.55. The average molecular weight is 224 g/mol. The van der Waals surface area contributed by atoms with Gasteiger partial charge in [-0.1, -0.05) is 5.21 Å². The number of likely N-dealkylation sites (tertiary alicyclic amines) is 1. The molecule has 0 aromatic carbocycles. The molecule has 6 nitrogen and oxygen atoms in total. The van der Waals surface area contributed by atoms with Crippen LogP contribution in [0.2, 0.25) is 0 Å². The summed E-state index contributed by atoms with van der Waals surface area (Å²) in [5.74, 6) is -0.740. The summed E-state index contributed by atoms with van der Waals surface area (Å²) in [7, 11) is 2.04. The molecule has 0 aliphatic carbocycles. The summed E-state index contributed by atoms with van der Waals surface area (Å²) >= 11 is 0. The molecule has 16 heavy (non-hydrogen) atoms. The molecule has 6 heteroatoms. The number of aromatic nitrogens is 3. The number of carboxylic acids is 1. The van der Waals surface area contributed by atoms with E-state index in [4.69, 9.17) is 5.11 Å². The number of rotatable bonds is 3. The van der Waals surface area contributed by atoms with Crippen LogP contribution >= 0.6 is 0 Å². The molecule has 88 valence electrons. The van der Waals surface area contributed by atoms with Gasteiger partial charge < -0.3 is 10.0 Å². The van der Waals surface area contributed by atoms with Crippen molar-refractivity contribution in [2.45, 2.75) is 25.8 Å². The van der Waals surface area contributed by atoms with Crippen molar-refractivity contribution in [3.63, 3.8) is 0 Å². The first kappa shape index (κ1) is 11.1. The molecule has 0 radical (unpaired) electrons. The average Bonchev–Trinajstić information content (AvgIpc) is 2.82. The van der Waals surface area contributed by atoms with E-state index < -0.39 is 5.97 Å². The first-order chi connectivity index (χ1) is 7.63. The standard InChI is InChI=1S/C10H16N4O2/c1-3-14-9(7-4-5-13(2)6-7)8(10(15)16)11-12-14/h7H,3-6H2,1-2H3,(H,15,16). The Balaban J connectivity index is 2.36. The number of likely N-dealkylation sites (N-methyl/N-ethyl adjacent to an activating group) is 1. The molecule has 1 aromatic rings. The zero-order chi connectivity index (χ0) is 11.7. The molecule has 0 amide bonds. The van der Waals surface area contributed by atoms with E-state index in [1.54, 1.807) is 4.68 Å². The predicted octanol–water partition coefficient (Wildman–Crippen LogP) is 0.415. The topological polar surface area (TPSA) is 71.2 Å². The van der Waals surface area contributed by atoms with E-state index in [-0.39, 0.29) is 11.6 Å². The summed E-state index contributed by atoms with van der Waals surface area (Å²) in [6.07, 6.45) is 0.976. The third kappa shape index (κ3) is 1.80. The molecule has 1 aliphatic heterocycles. The van der Waals surface area contributed by atoms with Gasteiger partial charge in [-0.25, -0.2) is 9.48 Å². The van der Waals surface area contributed by atoms with E-state index in [9.17, 15) is 4.79 Å².